The Balaban J connectivity index is 1.97. The molecule has 116 valence electrons. The van der Waals surface area contributed by atoms with Crippen LogP contribution in [-0.2, 0) is 6.61 Å². The molecule has 8 heteroatoms. The van der Waals surface area contributed by atoms with Gasteiger partial charge in [0.15, 0.2) is 11.5 Å². The van der Waals surface area contributed by atoms with Crippen LogP contribution in [0.4, 0.5) is 5.69 Å². The molecule has 0 atom stereocenters. The maximum absolute atomic E-state index is 11.2. The van der Waals surface area contributed by atoms with Gasteiger partial charge in [-0.25, -0.2) is 0 Å². The Labute approximate surface area is 129 Å². The van der Waals surface area contributed by atoms with Crippen molar-refractivity contribution in [1.29, 1.82) is 0 Å². The summed E-state index contributed by atoms with van der Waals surface area (Å²) in [7, 11) is 0. The van der Waals surface area contributed by atoms with Crippen LogP contribution < -0.4 is 9.47 Å². The highest BCUT2D eigenvalue weighted by molar-refractivity contribution is 5.79. The molecule has 0 aromatic heterocycles. The molecule has 23 heavy (non-hydrogen) atoms. The van der Waals surface area contributed by atoms with E-state index in [2.05, 4.69) is 0 Å². The van der Waals surface area contributed by atoms with Crippen LogP contribution in [0.15, 0.2) is 42.6 Å². The molecule has 2 aromatic carbocycles. The normalized spacial score (nSPS) is 11.7. The highest BCUT2D eigenvalue weighted by Gasteiger charge is 2.35. The molecule has 0 fully saturated rings. The Morgan fingerprint density at radius 3 is 2.57 bits per heavy atom. The average molecular weight is 314 g/mol. The van der Waals surface area contributed by atoms with Gasteiger partial charge in [-0.15, -0.1) is 0 Å². The van der Waals surface area contributed by atoms with E-state index in [0.717, 1.165) is 11.6 Å². The zero-order valence-electron chi connectivity index (χ0n) is 11.7. The molecule has 8 nitrogen and oxygen atoms in total. The van der Waals surface area contributed by atoms with Crippen molar-refractivity contribution in [2.24, 2.45) is 0 Å². The number of hydrogen-bond donors (Lipinski definition) is 0. The smallest absolute Gasteiger partial charge is 0.284 e. The third-order valence-electron chi connectivity index (χ3n) is 3.17. The molecule has 0 saturated carbocycles. The minimum atomic E-state index is -0.697. The molecule has 3 rings (SSSR count). The number of benzene rings is 2. The van der Waals surface area contributed by atoms with Crippen LogP contribution in [0.1, 0.15) is 11.1 Å². The Morgan fingerprint density at radius 1 is 1.17 bits per heavy atom. The first-order valence-corrected chi connectivity index (χ1v) is 6.58. The highest BCUT2D eigenvalue weighted by atomic mass is 16.6. The Hall–Kier alpha value is -3.42. The van der Waals surface area contributed by atoms with E-state index in [-0.39, 0.29) is 23.6 Å². The number of nitro groups is 2. The average Bonchev–Trinajstić information content (AvgIpc) is 3.30. The standard InChI is InChI=1S/C15H10N2O6/c18-16(19)7-6-11-12(17(20)21)8-13-15(23-13)14(11)22-9-10-4-2-1-3-5-10/h1-8H,9H2. The summed E-state index contributed by atoms with van der Waals surface area (Å²) in [6.45, 7) is 0.164. The van der Waals surface area contributed by atoms with E-state index < -0.39 is 9.85 Å². The fourth-order valence-corrected chi connectivity index (χ4v) is 2.10. The Morgan fingerprint density at radius 2 is 1.91 bits per heavy atom. The van der Waals surface area contributed by atoms with Gasteiger partial charge >= 0.3 is 0 Å². The summed E-state index contributed by atoms with van der Waals surface area (Å²) in [5, 5.41) is 21.7. The summed E-state index contributed by atoms with van der Waals surface area (Å²) in [6, 6.07) is 10.4. The molecule has 0 saturated heterocycles. The van der Waals surface area contributed by atoms with E-state index >= 15 is 0 Å². The first kappa shape index (κ1) is 14.5. The number of nitrogens with zero attached hydrogens (tertiary/aromatic N) is 2. The molecule has 0 radical (unpaired) electrons. The predicted octanol–water partition coefficient (Wildman–Crippen LogP) is 3.53. The lowest BCUT2D eigenvalue weighted by molar-refractivity contribution is -0.401. The molecule has 1 aliphatic rings. The maximum Gasteiger partial charge on any atom is 0.284 e. The van der Waals surface area contributed by atoms with Gasteiger partial charge in [0.25, 0.3) is 5.69 Å². The van der Waals surface area contributed by atoms with E-state index in [9.17, 15) is 20.2 Å². The van der Waals surface area contributed by atoms with E-state index in [1.54, 1.807) is 0 Å². The van der Waals surface area contributed by atoms with Crippen LogP contribution in [0.3, 0.4) is 0 Å². The van der Waals surface area contributed by atoms with Crippen molar-refractivity contribution in [1.82, 2.24) is 0 Å². The van der Waals surface area contributed by atoms with Crippen molar-refractivity contribution in [3.63, 3.8) is 0 Å². The number of nitro benzene ring substituents is 1. The SMILES string of the molecule is O=[N+]([O-])C=Cc1c([N+](=O)[O-])cc2c(c1OCc1ccccc1)O2. The number of rotatable bonds is 6. The van der Waals surface area contributed by atoms with Gasteiger partial charge in [0.05, 0.1) is 15.9 Å². The topological polar surface area (TPSA) is 108 Å². The predicted molar refractivity (Wildman–Crippen MR) is 80.0 cm³/mol. The van der Waals surface area contributed by atoms with Gasteiger partial charge < -0.3 is 9.47 Å². The van der Waals surface area contributed by atoms with Gasteiger partial charge in [-0.2, -0.15) is 0 Å². The second kappa shape index (κ2) is 5.76. The van der Waals surface area contributed by atoms with Gasteiger partial charge in [0, 0.05) is 6.08 Å². The summed E-state index contributed by atoms with van der Waals surface area (Å²) < 4.78 is 10.8. The highest BCUT2D eigenvalue weighted by Crippen LogP contribution is 2.57. The fourth-order valence-electron chi connectivity index (χ4n) is 2.10. The monoisotopic (exact) mass is 314 g/mol. The minimum absolute atomic E-state index is 0.0129. The molecule has 0 aliphatic carbocycles. The summed E-state index contributed by atoms with van der Waals surface area (Å²) in [6.07, 6.45) is 1.67. The van der Waals surface area contributed by atoms with Crippen molar-refractivity contribution >= 4 is 11.8 Å². The van der Waals surface area contributed by atoms with Crippen molar-refractivity contribution in [3.05, 3.63) is 74.0 Å². The van der Waals surface area contributed by atoms with Gasteiger partial charge in [0.2, 0.25) is 11.9 Å². The molecule has 1 aliphatic heterocycles. The fraction of sp³-hybridized carbons (Fsp3) is 0.0667. The van der Waals surface area contributed by atoms with Gasteiger partial charge in [-0.3, -0.25) is 20.2 Å². The van der Waals surface area contributed by atoms with Crippen molar-refractivity contribution in [2.45, 2.75) is 6.61 Å². The molecular weight excluding hydrogens is 304 g/mol. The van der Waals surface area contributed by atoms with E-state index in [0.29, 0.717) is 17.7 Å². The van der Waals surface area contributed by atoms with Crippen LogP contribution in [0.5, 0.6) is 17.2 Å². The molecular formula is C15H10N2O6. The third-order valence-corrected chi connectivity index (χ3v) is 3.17. The third kappa shape index (κ3) is 3.10. The second-order valence-electron chi connectivity index (χ2n) is 4.70. The van der Waals surface area contributed by atoms with E-state index in [1.165, 1.54) is 6.07 Å². The molecule has 0 bridgehead atoms. The maximum atomic E-state index is 11.2. The Bertz CT molecular complexity index is 816. The second-order valence-corrected chi connectivity index (χ2v) is 4.70. The van der Waals surface area contributed by atoms with E-state index in [1.807, 2.05) is 30.3 Å². The van der Waals surface area contributed by atoms with Crippen LogP contribution >= 0.6 is 0 Å². The number of fused-ring (bicyclic) bond motifs is 1. The van der Waals surface area contributed by atoms with Crippen LogP contribution in [0.25, 0.3) is 6.08 Å². The summed E-state index contributed by atoms with van der Waals surface area (Å²) in [5.41, 5.74) is 0.568. The summed E-state index contributed by atoms with van der Waals surface area (Å²) in [5.74, 6) is 0.851. The molecule has 0 amide bonds. The van der Waals surface area contributed by atoms with Crippen LogP contribution in [0.2, 0.25) is 0 Å². The number of hydrogen-bond acceptors (Lipinski definition) is 6. The van der Waals surface area contributed by atoms with E-state index in [4.69, 9.17) is 9.47 Å². The lowest BCUT2D eigenvalue weighted by Gasteiger charge is -2.07. The van der Waals surface area contributed by atoms with Gasteiger partial charge in [-0.1, -0.05) is 30.3 Å². The Kier molecular flexibility index (Phi) is 3.63. The van der Waals surface area contributed by atoms with Crippen molar-refractivity contribution < 1.29 is 19.3 Å². The minimum Gasteiger partial charge on any atom is -0.484 e. The first-order chi connectivity index (χ1) is 11.1. The van der Waals surface area contributed by atoms with Gasteiger partial charge in [-0.05, 0) is 5.56 Å². The zero-order valence-corrected chi connectivity index (χ0v) is 11.7. The van der Waals surface area contributed by atoms with Gasteiger partial charge in [0.1, 0.15) is 12.2 Å². The lowest BCUT2D eigenvalue weighted by Crippen LogP contribution is -1.98. The molecule has 0 N–H and O–H groups in total. The zero-order chi connectivity index (χ0) is 16.4. The molecule has 2 aromatic rings. The van der Waals surface area contributed by atoms with Crippen LogP contribution in [-0.4, -0.2) is 9.85 Å². The summed E-state index contributed by atoms with van der Waals surface area (Å²) >= 11 is 0. The van der Waals surface area contributed by atoms with Crippen LogP contribution in [0, 0.1) is 20.2 Å². The molecule has 1 heterocycles. The van der Waals surface area contributed by atoms with Crippen molar-refractivity contribution in [3.8, 4) is 17.2 Å². The largest absolute Gasteiger partial charge is 0.484 e. The quantitative estimate of drug-likeness (QED) is 0.391. The number of ether oxygens (including phenoxy) is 2. The molecule has 0 spiro atoms. The molecule has 0 unspecified atom stereocenters. The van der Waals surface area contributed by atoms with Crippen molar-refractivity contribution in [2.75, 3.05) is 0 Å². The first-order valence-electron chi connectivity index (χ1n) is 6.58. The lowest BCUT2D eigenvalue weighted by atomic mass is 10.1. The summed E-state index contributed by atoms with van der Waals surface area (Å²) in [4.78, 5) is 20.4.